The first-order valence-electron chi connectivity index (χ1n) is 10.7. The normalized spacial score (nSPS) is 14.1. The lowest BCUT2D eigenvalue weighted by atomic mass is 9.83. The van der Waals surface area contributed by atoms with E-state index in [9.17, 15) is 31.4 Å². The number of rotatable bonds is 6. The molecule has 1 aromatic carbocycles. The maximum absolute atomic E-state index is 13.1. The number of halogens is 7. The summed E-state index contributed by atoms with van der Waals surface area (Å²) in [5, 5.41) is 12.2. The molecule has 0 spiro atoms. The average Bonchev–Trinajstić information content (AvgIpc) is 3.27. The van der Waals surface area contributed by atoms with Crippen LogP contribution in [0.15, 0.2) is 49.1 Å². The van der Waals surface area contributed by atoms with Crippen molar-refractivity contribution in [3.63, 3.8) is 0 Å². The molecular formula is C24H19ClF6N4O2. The van der Waals surface area contributed by atoms with Crippen LogP contribution < -0.4 is 4.74 Å². The van der Waals surface area contributed by atoms with Crippen molar-refractivity contribution in [3.05, 3.63) is 82.2 Å². The number of aryl methyl sites for hydroxylation is 1. The van der Waals surface area contributed by atoms with E-state index in [1.165, 1.54) is 42.4 Å². The van der Waals surface area contributed by atoms with Gasteiger partial charge in [0.05, 0.1) is 35.9 Å². The van der Waals surface area contributed by atoms with Crippen LogP contribution in [0.25, 0.3) is 10.9 Å². The third-order valence-electron chi connectivity index (χ3n) is 5.91. The molecule has 4 aromatic rings. The molecule has 3 aromatic heterocycles. The van der Waals surface area contributed by atoms with E-state index in [0.717, 1.165) is 18.3 Å². The lowest BCUT2D eigenvalue weighted by Gasteiger charge is -2.30. The van der Waals surface area contributed by atoms with Crippen LogP contribution in [0.5, 0.6) is 5.88 Å². The summed E-state index contributed by atoms with van der Waals surface area (Å²) in [5.41, 5.74) is -2.53. The van der Waals surface area contributed by atoms with Gasteiger partial charge in [0.2, 0.25) is 5.88 Å². The molecule has 37 heavy (non-hydrogen) atoms. The minimum absolute atomic E-state index is 0.00154. The molecule has 0 amide bonds. The Balaban J connectivity index is 1.92. The Morgan fingerprint density at radius 1 is 1.03 bits per heavy atom. The molecule has 13 heteroatoms. The number of imidazole rings is 1. The molecule has 6 nitrogen and oxygen atoms in total. The number of hydrogen-bond acceptors (Lipinski definition) is 5. The van der Waals surface area contributed by atoms with E-state index in [1.807, 2.05) is 0 Å². The fraction of sp³-hybridized carbons (Fsp3) is 0.292. The summed E-state index contributed by atoms with van der Waals surface area (Å²) in [6.07, 6.45) is -7.14. The minimum Gasteiger partial charge on any atom is -0.481 e. The number of hydrogen-bond donors (Lipinski definition) is 1. The second-order valence-electron chi connectivity index (χ2n) is 8.29. The number of nitrogens with zero attached hydrogens (tertiary/aromatic N) is 4. The summed E-state index contributed by atoms with van der Waals surface area (Å²) in [5.74, 6) is -0.0664. The second-order valence-corrected chi connectivity index (χ2v) is 8.67. The third kappa shape index (κ3) is 5.08. The standard InChI is InChI=1S/C24H19ClF6N4O2/c1-35-12-32-11-19(35)23(36,14-4-6-18(33-10-14)24(29,30)31)13-3-5-17-16(9-13)20(25)15(21(34-17)37-2)7-8-22(26,27)28/h3-6,9-12,36H,7-8H2,1-2H3/t23-/m0/s1. The maximum Gasteiger partial charge on any atom is 0.433 e. The van der Waals surface area contributed by atoms with E-state index < -0.39 is 36.5 Å². The first-order valence-corrected chi connectivity index (χ1v) is 11.1. The predicted octanol–water partition coefficient (Wildman–Crippen LogP) is 5.82. The first-order chi connectivity index (χ1) is 17.3. The number of fused-ring (bicyclic) bond motifs is 1. The zero-order valence-corrected chi connectivity index (χ0v) is 20.1. The molecular weight excluding hydrogens is 526 g/mol. The lowest BCUT2D eigenvalue weighted by molar-refractivity contribution is -0.141. The van der Waals surface area contributed by atoms with Crippen LogP contribution in [0, 0.1) is 0 Å². The molecule has 196 valence electrons. The van der Waals surface area contributed by atoms with Crippen LogP contribution in [0.2, 0.25) is 5.02 Å². The van der Waals surface area contributed by atoms with Crippen molar-refractivity contribution < 1.29 is 36.2 Å². The summed E-state index contributed by atoms with van der Waals surface area (Å²) in [6, 6.07) is 6.21. The van der Waals surface area contributed by atoms with E-state index in [1.54, 1.807) is 7.05 Å². The Labute approximate surface area is 211 Å². The largest absolute Gasteiger partial charge is 0.481 e. The van der Waals surface area contributed by atoms with Gasteiger partial charge in [-0.15, -0.1) is 0 Å². The highest BCUT2D eigenvalue weighted by atomic mass is 35.5. The minimum atomic E-state index is -4.68. The van der Waals surface area contributed by atoms with E-state index in [-0.39, 0.29) is 44.2 Å². The molecule has 0 aliphatic heterocycles. The Morgan fingerprint density at radius 2 is 1.73 bits per heavy atom. The predicted molar refractivity (Wildman–Crippen MR) is 122 cm³/mol. The molecule has 0 saturated heterocycles. The van der Waals surface area contributed by atoms with Gasteiger partial charge < -0.3 is 14.4 Å². The smallest absolute Gasteiger partial charge is 0.433 e. The Kier molecular flexibility index (Phi) is 6.84. The van der Waals surface area contributed by atoms with Crippen LogP contribution in [-0.4, -0.2) is 37.9 Å². The zero-order valence-electron chi connectivity index (χ0n) is 19.3. The van der Waals surface area contributed by atoms with Gasteiger partial charge in [-0.1, -0.05) is 23.7 Å². The van der Waals surface area contributed by atoms with Gasteiger partial charge in [0.1, 0.15) is 5.69 Å². The fourth-order valence-corrected chi connectivity index (χ4v) is 4.39. The molecule has 4 rings (SSSR count). The molecule has 0 aliphatic rings. The average molecular weight is 545 g/mol. The van der Waals surface area contributed by atoms with Gasteiger partial charge in [0.15, 0.2) is 5.60 Å². The van der Waals surface area contributed by atoms with Gasteiger partial charge in [0, 0.05) is 36.2 Å². The Morgan fingerprint density at radius 3 is 2.27 bits per heavy atom. The van der Waals surface area contributed by atoms with Gasteiger partial charge in [-0.3, -0.25) is 4.98 Å². The van der Waals surface area contributed by atoms with Crippen LogP contribution >= 0.6 is 11.6 Å². The van der Waals surface area contributed by atoms with Crippen molar-refractivity contribution in [2.75, 3.05) is 7.11 Å². The number of methoxy groups -OCH3 is 1. The summed E-state index contributed by atoms with van der Waals surface area (Å²) < 4.78 is 84.6. The maximum atomic E-state index is 13.1. The fourth-order valence-electron chi connectivity index (χ4n) is 4.06. The molecule has 0 radical (unpaired) electrons. The monoisotopic (exact) mass is 544 g/mol. The summed E-state index contributed by atoms with van der Waals surface area (Å²) in [6.45, 7) is 0. The van der Waals surface area contributed by atoms with Crippen LogP contribution in [0.4, 0.5) is 26.3 Å². The van der Waals surface area contributed by atoms with Gasteiger partial charge in [-0.2, -0.15) is 26.3 Å². The Hall–Kier alpha value is -3.38. The van der Waals surface area contributed by atoms with Crippen molar-refractivity contribution >= 4 is 22.5 Å². The van der Waals surface area contributed by atoms with Crippen LogP contribution in [-0.2, 0) is 25.2 Å². The van der Waals surface area contributed by atoms with Gasteiger partial charge >= 0.3 is 12.4 Å². The topological polar surface area (TPSA) is 73.1 Å². The zero-order chi connectivity index (χ0) is 27.2. The summed E-state index contributed by atoms with van der Waals surface area (Å²) in [7, 11) is 2.84. The van der Waals surface area contributed by atoms with Crippen molar-refractivity contribution in [3.8, 4) is 5.88 Å². The first kappa shape index (κ1) is 26.7. The number of ether oxygens (including phenoxy) is 1. The van der Waals surface area contributed by atoms with E-state index in [2.05, 4.69) is 15.0 Å². The van der Waals surface area contributed by atoms with Gasteiger partial charge in [0.25, 0.3) is 0 Å². The molecule has 0 saturated carbocycles. The van der Waals surface area contributed by atoms with Gasteiger partial charge in [-0.25, -0.2) is 9.97 Å². The van der Waals surface area contributed by atoms with E-state index in [0.29, 0.717) is 0 Å². The van der Waals surface area contributed by atoms with Crippen molar-refractivity contribution in [2.45, 2.75) is 30.8 Å². The van der Waals surface area contributed by atoms with E-state index >= 15 is 0 Å². The molecule has 0 bridgehead atoms. The third-order valence-corrected chi connectivity index (χ3v) is 6.34. The number of benzene rings is 1. The van der Waals surface area contributed by atoms with Crippen LogP contribution in [0.3, 0.4) is 0 Å². The molecule has 0 fully saturated rings. The van der Waals surface area contributed by atoms with Crippen molar-refractivity contribution in [1.82, 2.24) is 19.5 Å². The summed E-state index contributed by atoms with van der Waals surface area (Å²) >= 11 is 6.53. The van der Waals surface area contributed by atoms with Gasteiger partial charge in [-0.05, 0) is 30.2 Å². The highest BCUT2D eigenvalue weighted by Crippen LogP contribution is 2.41. The molecule has 1 atom stereocenters. The van der Waals surface area contributed by atoms with Crippen LogP contribution in [0.1, 0.15) is 34.5 Å². The SMILES string of the molecule is COc1nc2ccc([C@](O)(c3ccc(C(F)(F)F)nc3)c3cncn3C)cc2c(Cl)c1CCC(F)(F)F. The van der Waals surface area contributed by atoms with Crippen molar-refractivity contribution in [2.24, 2.45) is 7.05 Å². The highest BCUT2D eigenvalue weighted by molar-refractivity contribution is 6.36. The number of pyridine rings is 2. The number of alkyl halides is 6. The van der Waals surface area contributed by atoms with E-state index in [4.69, 9.17) is 16.3 Å². The number of aliphatic hydroxyl groups is 1. The number of aromatic nitrogens is 4. The molecule has 0 unspecified atom stereocenters. The lowest BCUT2D eigenvalue weighted by Crippen LogP contribution is -2.31. The second kappa shape index (κ2) is 9.49. The molecule has 0 aliphatic carbocycles. The van der Waals surface area contributed by atoms with Crippen molar-refractivity contribution in [1.29, 1.82) is 0 Å². The molecule has 1 N–H and O–H groups in total. The highest BCUT2D eigenvalue weighted by Gasteiger charge is 2.39. The summed E-state index contributed by atoms with van der Waals surface area (Å²) in [4.78, 5) is 11.7. The molecule has 3 heterocycles. The quantitative estimate of drug-likeness (QED) is 0.310. The Bertz CT molecular complexity index is 1440.